The molecular formula is C15H15N3OS. The van der Waals surface area contributed by atoms with E-state index in [2.05, 4.69) is 22.1 Å². The number of nitrogens with two attached hydrogens (primary N) is 1. The van der Waals surface area contributed by atoms with Gasteiger partial charge < -0.3 is 11.1 Å². The summed E-state index contributed by atoms with van der Waals surface area (Å²) in [6.45, 7) is 2.64. The Kier molecular flexibility index (Phi) is 4.88. The van der Waals surface area contributed by atoms with Crippen molar-refractivity contribution in [2.45, 2.75) is 13.5 Å². The van der Waals surface area contributed by atoms with E-state index in [9.17, 15) is 4.79 Å². The van der Waals surface area contributed by atoms with Crippen LogP contribution in [0.3, 0.4) is 0 Å². The predicted octanol–water partition coefficient (Wildman–Crippen LogP) is 1.69. The van der Waals surface area contributed by atoms with Crippen molar-refractivity contribution in [2.75, 3.05) is 6.54 Å². The first kappa shape index (κ1) is 14.3. The predicted molar refractivity (Wildman–Crippen MR) is 80.4 cm³/mol. The van der Waals surface area contributed by atoms with Crippen LogP contribution >= 0.6 is 11.3 Å². The highest BCUT2D eigenvalue weighted by Crippen LogP contribution is 2.15. The maximum atomic E-state index is 12.1. The summed E-state index contributed by atoms with van der Waals surface area (Å²) in [5, 5.41) is 4.82. The van der Waals surface area contributed by atoms with Gasteiger partial charge in [0.1, 0.15) is 5.69 Å². The van der Waals surface area contributed by atoms with Gasteiger partial charge >= 0.3 is 0 Å². The van der Waals surface area contributed by atoms with Gasteiger partial charge in [0.15, 0.2) is 0 Å². The molecule has 0 atom stereocenters. The van der Waals surface area contributed by atoms with Crippen molar-refractivity contribution in [1.29, 1.82) is 0 Å². The molecule has 4 nitrogen and oxygen atoms in total. The van der Waals surface area contributed by atoms with Crippen molar-refractivity contribution >= 4 is 17.2 Å². The third kappa shape index (κ3) is 3.44. The number of rotatable bonds is 3. The second-order valence-electron chi connectivity index (χ2n) is 4.11. The molecule has 0 aromatic carbocycles. The Morgan fingerprint density at radius 1 is 1.50 bits per heavy atom. The molecule has 102 valence electrons. The number of carbonyl (C=O) groups is 1. The highest BCUT2D eigenvalue weighted by atomic mass is 32.1. The van der Waals surface area contributed by atoms with E-state index < -0.39 is 0 Å². The van der Waals surface area contributed by atoms with Gasteiger partial charge in [-0.05, 0) is 30.0 Å². The molecule has 2 aromatic rings. The summed E-state index contributed by atoms with van der Waals surface area (Å²) in [6.07, 6.45) is 1.62. The Bertz CT molecular complexity index is 667. The lowest BCUT2D eigenvalue weighted by atomic mass is 10.2. The maximum Gasteiger partial charge on any atom is 0.270 e. The first-order valence-corrected chi connectivity index (χ1v) is 7.05. The Balaban J connectivity index is 2.04. The molecule has 0 bridgehead atoms. The highest BCUT2D eigenvalue weighted by Gasteiger charge is 2.10. The van der Waals surface area contributed by atoms with Crippen LogP contribution in [-0.2, 0) is 6.54 Å². The van der Waals surface area contributed by atoms with Gasteiger partial charge in [-0.15, -0.1) is 11.3 Å². The zero-order valence-electron chi connectivity index (χ0n) is 11.1. The number of aromatic nitrogens is 1. The molecule has 2 rings (SSSR count). The second kappa shape index (κ2) is 6.85. The lowest BCUT2D eigenvalue weighted by Gasteiger charge is -2.05. The van der Waals surface area contributed by atoms with E-state index in [0.29, 0.717) is 18.8 Å². The number of nitrogens with one attached hydrogen (secondary N) is 1. The minimum absolute atomic E-state index is 0.172. The van der Waals surface area contributed by atoms with E-state index in [1.54, 1.807) is 17.5 Å². The molecule has 0 aliphatic carbocycles. The summed E-state index contributed by atoms with van der Waals surface area (Å²) < 4.78 is 0. The number of nitrogens with zero attached hydrogens (tertiary/aromatic N) is 1. The van der Waals surface area contributed by atoms with E-state index in [4.69, 9.17) is 5.73 Å². The average molecular weight is 285 g/mol. The lowest BCUT2D eigenvalue weighted by Crippen LogP contribution is -2.24. The van der Waals surface area contributed by atoms with Crippen molar-refractivity contribution in [3.8, 4) is 11.8 Å². The van der Waals surface area contributed by atoms with Crippen LogP contribution in [0.15, 0.2) is 29.8 Å². The third-order valence-corrected chi connectivity index (χ3v) is 3.63. The van der Waals surface area contributed by atoms with Gasteiger partial charge in [0.2, 0.25) is 0 Å². The SMILES string of the molecule is Cc1cccnc1C(=O)NCc1sccc1C#CCN. The molecule has 0 radical (unpaired) electrons. The zero-order valence-corrected chi connectivity index (χ0v) is 12.0. The van der Waals surface area contributed by atoms with Gasteiger partial charge in [0.25, 0.3) is 5.91 Å². The van der Waals surface area contributed by atoms with Gasteiger partial charge in [-0.1, -0.05) is 17.9 Å². The van der Waals surface area contributed by atoms with Crippen LogP contribution in [0.25, 0.3) is 0 Å². The molecule has 2 aromatic heterocycles. The van der Waals surface area contributed by atoms with E-state index in [1.165, 1.54) is 0 Å². The molecule has 0 unspecified atom stereocenters. The number of hydrogen-bond acceptors (Lipinski definition) is 4. The summed E-state index contributed by atoms with van der Waals surface area (Å²) in [4.78, 5) is 17.2. The van der Waals surface area contributed by atoms with E-state index in [-0.39, 0.29) is 5.91 Å². The minimum atomic E-state index is -0.172. The zero-order chi connectivity index (χ0) is 14.4. The number of pyridine rings is 1. The fourth-order valence-corrected chi connectivity index (χ4v) is 2.47. The van der Waals surface area contributed by atoms with Crippen molar-refractivity contribution < 1.29 is 4.79 Å². The van der Waals surface area contributed by atoms with Gasteiger partial charge in [0, 0.05) is 16.6 Å². The van der Waals surface area contributed by atoms with Crippen molar-refractivity contribution in [1.82, 2.24) is 10.3 Å². The molecule has 0 aliphatic heterocycles. The van der Waals surface area contributed by atoms with Crippen LogP contribution < -0.4 is 11.1 Å². The summed E-state index contributed by atoms with van der Waals surface area (Å²) in [7, 11) is 0. The standard InChI is InChI=1S/C15H15N3OS/c1-11-4-3-8-17-14(11)15(19)18-10-13-12(5-2-7-16)6-9-20-13/h3-4,6,8-9H,7,10,16H2,1H3,(H,18,19). The first-order valence-electron chi connectivity index (χ1n) is 6.17. The lowest BCUT2D eigenvalue weighted by molar-refractivity contribution is 0.0945. The summed E-state index contributed by atoms with van der Waals surface area (Å²) in [6, 6.07) is 5.61. The van der Waals surface area contributed by atoms with E-state index in [0.717, 1.165) is 16.0 Å². The Morgan fingerprint density at radius 3 is 3.10 bits per heavy atom. The van der Waals surface area contributed by atoms with Gasteiger partial charge in [-0.2, -0.15) is 0 Å². The summed E-state index contributed by atoms with van der Waals surface area (Å²) in [5.41, 5.74) is 7.59. The Labute approximate surface area is 122 Å². The van der Waals surface area contributed by atoms with Gasteiger partial charge in [0.05, 0.1) is 13.1 Å². The Hall–Kier alpha value is -2.16. The number of aryl methyl sites for hydroxylation is 1. The molecular weight excluding hydrogens is 270 g/mol. The van der Waals surface area contributed by atoms with Crippen LogP contribution in [0.5, 0.6) is 0 Å². The molecule has 0 saturated carbocycles. The van der Waals surface area contributed by atoms with Crippen molar-refractivity contribution in [2.24, 2.45) is 5.73 Å². The molecule has 3 N–H and O–H groups in total. The third-order valence-electron chi connectivity index (χ3n) is 2.70. The number of hydrogen-bond donors (Lipinski definition) is 2. The largest absolute Gasteiger partial charge is 0.346 e. The van der Waals surface area contributed by atoms with Crippen LogP contribution in [0.1, 0.15) is 26.5 Å². The number of amides is 1. The average Bonchev–Trinajstić information content (AvgIpc) is 2.90. The normalized spacial score (nSPS) is 9.70. The molecule has 2 heterocycles. The van der Waals surface area contributed by atoms with Crippen molar-refractivity contribution in [3.05, 3.63) is 51.5 Å². The fraction of sp³-hybridized carbons (Fsp3) is 0.200. The van der Waals surface area contributed by atoms with Crippen LogP contribution in [-0.4, -0.2) is 17.4 Å². The van der Waals surface area contributed by atoms with Crippen LogP contribution in [0, 0.1) is 18.8 Å². The highest BCUT2D eigenvalue weighted by molar-refractivity contribution is 7.10. The molecule has 0 fully saturated rings. The molecule has 1 amide bonds. The van der Waals surface area contributed by atoms with Crippen molar-refractivity contribution in [3.63, 3.8) is 0 Å². The van der Waals surface area contributed by atoms with Crippen LogP contribution in [0.2, 0.25) is 0 Å². The smallest absolute Gasteiger partial charge is 0.270 e. The topological polar surface area (TPSA) is 68.0 Å². The first-order chi connectivity index (χ1) is 9.72. The monoisotopic (exact) mass is 285 g/mol. The van der Waals surface area contributed by atoms with Gasteiger partial charge in [-0.25, -0.2) is 0 Å². The van der Waals surface area contributed by atoms with E-state index in [1.807, 2.05) is 30.5 Å². The maximum absolute atomic E-state index is 12.1. The molecule has 0 saturated heterocycles. The number of thiophene rings is 1. The Morgan fingerprint density at radius 2 is 2.35 bits per heavy atom. The minimum Gasteiger partial charge on any atom is -0.346 e. The molecule has 0 spiro atoms. The molecule has 20 heavy (non-hydrogen) atoms. The summed E-state index contributed by atoms with van der Waals surface area (Å²) >= 11 is 1.56. The van der Waals surface area contributed by atoms with Crippen LogP contribution in [0.4, 0.5) is 0 Å². The summed E-state index contributed by atoms with van der Waals surface area (Å²) in [5.74, 6) is 5.64. The second-order valence-corrected chi connectivity index (χ2v) is 5.12. The molecule has 5 heteroatoms. The quantitative estimate of drug-likeness (QED) is 0.843. The van der Waals surface area contributed by atoms with E-state index >= 15 is 0 Å². The molecule has 0 aliphatic rings. The fourth-order valence-electron chi connectivity index (χ4n) is 1.70. The number of carbonyl (C=O) groups excluding carboxylic acids is 1. The van der Waals surface area contributed by atoms with Gasteiger partial charge in [-0.3, -0.25) is 9.78 Å².